The fourth-order valence-electron chi connectivity index (χ4n) is 6.33. The molecule has 0 fully saturated rings. The summed E-state index contributed by atoms with van der Waals surface area (Å²) >= 11 is -0.826. The summed E-state index contributed by atoms with van der Waals surface area (Å²) in [5.74, 6) is 0. The van der Waals surface area contributed by atoms with Gasteiger partial charge in [-0.25, -0.2) is 0 Å². The van der Waals surface area contributed by atoms with Crippen LogP contribution in [0.25, 0.3) is 33.4 Å². The van der Waals surface area contributed by atoms with Gasteiger partial charge in [-0.05, 0) is 115 Å². The molecule has 0 aliphatic heterocycles. The van der Waals surface area contributed by atoms with E-state index in [9.17, 15) is 0 Å². The molecule has 42 heavy (non-hydrogen) atoms. The van der Waals surface area contributed by atoms with E-state index in [0.717, 1.165) is 25.7 Å². The van der Waals surface area contributed by atoms with E-state index >= 15 is 0 Å². The molecule has 0 aromatic heterocycles. The van der Waals surface area contributed by atoms with Gasteiger partial charge in [-0.2, -0.15) is 0 Å². The Morgan fingerprint density at radius 3 is 1.21 bits per heavy atom. The molecule has 1 aliphatic carbocycles. The first-order valence-corrected chi connectivity index (χ1v) is 21.6. The Balaban J connectivity index is 0.00000129. The summed E-state index contributed by atoms with van der Waals surface area (Å²) in [5, 5.41) is 0. The van der Waals surface area contributed by atoms with E-state index in [1.54, 1.807) is 0 Å². The second kappa shape index (κ2) is 14.0. The van der Waals surface area contributed by atoms with Crippen molar-refractivity contribution in [3.63, 3.8) is 0 Å². The predicted octanol–water partition coefficient (Wildman–Crippen LogP) is 12.5. The minimum absolute atomic E-state index is 0.0400. The second-order valence-electron chi connectivity index (χ2n) is 13.5. The Morgan fingerprint density at radius 1 is 0.524 bits per heavy atom. The van der Waals surface area contributed by atoms with Crippen molar-refractivity contribution in [3.05, 3.63) is 113 Å². The minimum atomic E-state index is -0.826. The number of hydrogen-bond donors (Lipinski definition) is 0. The van der Waals surface area contributed by atoms with Crippen LogP contribution < -0.4 is 0 Å². The van der Waals surface area contributed by atoms with Crippen molar-refractivity contribution in [1.29, 1.82) is 0 Å². The first-order chi connectivity index (χ1) is 19.9. The number of aryl methyl sites for hydroxylation is 2. The molecule has 3 heteroatoms. The maximum absolute atomic E-state index is 4.93. The van der Waals surface area contributed by atoms with Crippen LogP contribution >= 0.6 is 17.0 Å². The van der Waals surface area contributed by atoms with Gasteiger partial charge in [0.05, 0.1) is 0 Å². The molecule has 0 saturated heterocycles. The quantitative estimate of drug-likeness (QED) is 0.168. The first-order valence-electron chi connectivity index (χ1n) is 15.3. The molecule has 0 unspecified atom stereocenters. The van der Waals surface area contributed by atoms with Gasteiger partial charge in [0.1, 0.15) is 0 Å². The zero-order valence-corrected chi connectivity index (χ0v) is 30.6. The predicted molar refractivity (Wildman–Crippen MR) is 182 cm³/mol. The number of rotatable bonds is 6. The molecule has 0 saturated carbocycles. The van der Waals surface area contributed by atoms with Crippen LogP contribution in [-0.2, 0) is 44.5 Å². The third-order valence-corrected chi connectivity index (χ3v) is 8.25. The summed E-state index contributed by atoms with van der Waals surface area (Å²) in [7, 11) is 9.87. The van der Waals surface area contributed by atoms with Crippen molar-refractivity contribution >= 4 is 17.0 Å². The molecule has 0 nitrogen and oxygen atoms in total. The van der Waals surface area contributed by atoms with E-state index in [4.69, 9.17) is 17.0 Å². The molecule has 0 spiro atoms. The van der Waals surface area contributed by atoms with Gasteiger partial charge in [0, 0.05) is 6.42 Å². The number of hydrogen-bond acceptors (Lipinski definition) is 0. The molecular formula is C39H45Cl2Zr. The summed E-state index contributed by atoms with van der Waals surface area (Å²) in [6.07, 6.45) is 6.96. The topological polar surface area (TPSA) is 0 Å². The summed E-state index contributed by atoms with van der Waals surface area (Å²) in [6.45, 7) is 18.7. The first kappa shape index (κ1) is 33.2. The summed E-state index contributed by atoms with van der Waals surface area (Å²) < 4.78 is 0. The molecule has 0 atom stereocenters. The van der Waals surface area contributed by atoms with Gasteiger partial charge in [0.15, 0.2) is 0 Å². The van der Waals surface area contributed by atoms with Crippen molar-refractivity contribution in [1.82, 2.24) is 0 Å². The standard InChI is InChI=1S/C39H45.2ClH.Zr/c1-9-15-26-17-11-13-19-30(26)34-22-28-21-29-23-35(31-20-14-12-18-27(31)16-10-2)37(39(6,7)8)25-33(29)32(28)24-36(34)38(3,4)5;;;/h11-14,17-25H,9-10,15-16H2,1-8H3;2*1H;/q;;;+2/p-2. The van der Waals surface area contributed by atoms with Crippen molar-refractivity contribution in [2.45, 2.75) is 91.9 Å². The van der Waals surface area contributed by atoms with Crippen molar-refractivity contribution < 1.29 is 20.8 Å². The molecule has 0 amide bonds. The van der Waals surface area contributed by atoms with E-state index in [0.29, 0.717) is 0 Å². The van der Waals surface area contributed by atoms with Crippen LogP contribution in [0.4, 0.5) is 0 Å². The fraction of sp³-hybridized carbons (Fsp3) is 0.359. The van der Waals surface area contributed by atoms with E-state index < -0.39 is 20.8 Å². The molecule has 0 bridgehead atoms. The fourth-order valence-corrected chi connectivity index (χ4v) is 6.33. The van der Waals surface area contributed by atoms with Gasteiger partial charge >= 0.3 is 37.9 Å². The molecule has 4 aromatic rings. The van der Waals surface area contributed by atoms with E-state index in [1.165, 1.54) is 66.8 Å². The second-order valence-corrected chi connectivity index (χ2v) is 17.2. The van der Waals surface area contributed by atoms with Crippen molar-refractivity contribution in [2.75, 3.05) is 0 Å². The Bertz CT molecular complexity index is 1420. The Morgan fingerprint density at radius 2 is 0.881 bits per heavy atom. The van der Waals surface area contributed by atoms with Crippen LogP contribution in [-0.4, -0.2) is 0 Å². The SMILES string of the molecule is CCCc1ccccc1-c1cc2c(cc1C(C)(C)C)-c1cc(C(C)(C)C)c(-c3ccccc3CCC)cc1[CH]2.[Cl][Zr][Cl]. The number of fused-ring (bicyclic) bond motifs is 3. The van der Waals surface area contributed by atoms with Gasteiger partial charge in [0.2, 0.25) is 0 Å². The van der Waals surface area contributed by atoms with E-state index in [1.807, 2.05) is 0 Å². The molecule has 1 radical (unpaired) electrons. The van der Waals surface area contributed by atoms with Gasteiger partial charge in [-0.1, -0.05) is 117 Å². The third-order valence-electron chi connectivity index (χ3n) is 8.25. The average Bonchev–Trinajstić information content (AvgIpc) is 3.29. The van der Waals surface area contributed by atoms with Crippen molar-refractivity contribution in [3.8, 4) is 33.4 Å². The summed E-state index contributed by atoms with van der Waals surface area (Å²) in [4.78, 5) is 0. The molecule has 4 aromatic carbocycles. The molecule has 5 rings (SSSR count). The van der Waals surface area contributed by atoms with Crippen molar-refractivity contribution in [2.24, 2.45) is 0 Å². The van der Waals surface area contributed by atoms with Crippen LogP contribution in [0.1, 0.15) is 102 Å². The zero-order chi connectivity index (χ0) is 30.7. The Kier molecular flexibility index (Phi) is 11.1. The summed E-state index contributed by atoms with van der Waals surface area (Å²) in [6, 6.07) is 28.0. The van der Waals surface area contributed by atoms with Crippen LogP contribution in [0.5, 0.6) is 0 Å². The Hall–Kier alpha value is -1.66. The molecule has 0 N–H and O–H groups in total. The number of benzene rings is 4. The Labute approximate surface area is 273 Å². The maximum atomic E-state index is 4.93. The molecular weight excluding hydrogens is 631 g/mol. The normalized spacial score (nSPS) is 12.3. The van der Waals surface area contributed by atoms with Crippen LogP contribution in [0, 0.1) is 6.42 Å². The van der Waals surface area contributed by atoms with Gasteiger partial charge in [-0.15, -0.1) is 0 Å². The molecule has 219 valence electrons. The third kappa shape index (κ3) is 7.17. The van der Waals surface area contributed by atoms with E-state index in [2.05, 4.69) is 135 Å². The molecule has 0 heterocycles. The summed E-state index contributed by atoms with van der Waals surface area (Å²) in [5.41, 5.74) is 16.8. The van der Waals surface area contributed by atoms with Crippen LogP contribution in [0.2, 0.25) is 0 Å². The van der Waals surface area contributed by atoms with Gasteiger partial charge in [-0.3, -0.25) is 0 Å². The average molecular weight is 676 g/mol. The monoisotopic (exact) mass is 673 g/mol. The van der Waals surface area contributed by atoms with Crippen LogP contribution in [0.15, 0.2) is 72.8 Å². The number of halogens is 2. The van der Waals surface area contributed by atoms with E-state index in [-0.39, 0.29) is 10.8 Å². The van der Waals surface area contributed by atoms with Crippen LogP contribution in [0.3, 0.4) is 0 Å². The van der Waals surface area contributed by atoms with Gasteiger partial charge < -0.3 is 0 Å². The van der Waals surface area contributed by atoms with Gasteiger partial charge in [0.25, 0.3) is 0 Å². The zero-order valence-electron chi connectivity index (χ0n) is 26.6. The molecule has 1 aliphatic rings.